The Morgan fingerprint density at radius 3 is 2.18 bits per heavy atom. The average molecular weight is 605 g/mol. The minimum atomic E-state index is -1.27. The first-order valence-corrected chi connectivity index (χ1v) is 14.4. The third kappa shape index (κ3) is 6.73. The molecule has 1 aromatic heterocycles. The Hall–Kier alpha value is -4.77. The number of aromatic nitrogens is 1. The molecule has 1 aliphatic rings. The van der Waals surface area contributed by atoms with Crippen molar-refractivity contribution in [2.24, 2.45) is 5.41 Å². The number of nitrogens with one attached hydrogen (secondary N) is 2. The zero-order valence-electron chi connectivity index (χ0n) is 24.8. The van der Waals surface area contributed by atoms with Gasteiger partial charge in [-0.2, -0.15) is 0 Å². The van der Waals surface area contributed by atoms with Gasteiger partial charge < -0.3 is 29.7 Å². The number of anilines is 2. The Kier molecular flexibility index (Phi) is 9.24. The van der Waals surface area contributed by atoms with Crippen molar-refractivity contribution >= 4 is 34.1 Å². The maximum absolute atomic E-state index is 15.2. The van der Waals surface area contributed by atoms with Gasteiger partial charge in [0.2, 0.25) is 11.8 Å². The van der Waals surface area contributed by atoms with Crippen LogP contribution in [-0.4, -0.2) is 55.0 Å². The van der Waals surface area contributed by atoms with Crippen molar-refractivity contribution in [3.63, 3.8) is 0 Å². The fourth-order valence-electron chi connectivity index (χ4n) is 4.81. The van der Waals surface area contributed by atoms with Gasteiger partial charge in [0.1, 0.15) is 23.6 Å². The number of hydrogen-bond acceptors (Lipinski definition) is 7. The number of hydrogen-bond donors (Lipinski definition) is 2. The Bertz CT molecular complexity index is 1660. The molecule has 1 heterocycles. The van der Waals surface area contributed by atoms with Crippen LogP contribution in [0.5, 0.6) is 23.0 Å². The normalized spacial score (nSPS) is 13.4. The van der Waals surface area contributed by atoms with Crippen LogP contribution in [0.4, 0.5) is 20.2 Å². The first kappa shape index (κ1) is 30.7. The molecule has 0 spiro atoms. The summed E-state index contributed by atoms with van der Waals surface area (Å²) in [5, 5.41) is 5.88. The van der Waals surface area contributed by atoms with Crippen LogP contribution < -0.4 is 24.8 Å². The van der Waals surface area contributed by atoms with Crippen LogP contribution in [0.15, 0.2) is 66.9 Å². The molecule has 0 radical (unpaired) electrons. The lowest BCUT2D eigenvalue weighted by molar-refractivity contribution is -0.131. The second-order valence-corrected chi connectivity index (χ2v) is 10.4. The molecule has 5 rings (SSSR count). The molecule has 1 saturated carbocycles. The predicted molar refractivity (Wildman–Crippen MR) is 163 cm³/mol. The first-order chi connectivity index (χ1) is 21.3. The second-order valence-electron chi connectivity index (χ2n) is 10.4. The molecular formula is C33H34F2N4O5. The van der Waals surface area contributed by atoms with E-state index >= 15 is 4.39 Å². The van der Waals surface area contributed by atoms with Gasteiger partial charge in [-0.1, -0.05) is 13.8 Å². The van der Waals surface area contributed by atoms with Gasteiger partial charge in [-0.15, -0.1) is 0 Å². The Morgan fingerprint density at radius 1 is 0.864 bits per heavy atom. The van der Waals surface area contributed by atoms with Crippen molar-refractivity contribution in [1.82, 2.24) is 9.88 Å². The molecule has 1 fully saturated rings. The predicted octanol–water partition coefficient (Wildman–Crippen LogP) is 6.39. The van der Waals surface area contributed by atoms with Gasteiger partial charge in [0.25, 0.3) is 0 Å². The summed E-state index contributed by atoms with van der Waals surface area (Å²) in [6, 6.07) is 14.4. The Balaban J connectivity index is 1.27. The van der Waals surface area contributed by atoms with Gasteiger partial charge in [-0.05, 0) is 74.5 Å². The molecule has 0 aliphatic heterocycles. The minimum absolute atomic E-state index is 0.0656. The SMILES string of the molecule is CCN(CC)CCOc1cc2nccc(Oc3ccc(NC(=O)C4(C(=O)Nc5ccc(F)cc5)CC4)cc3F)c2cc1OC. The largest absolute Gasteiger partial charge is 0.493 e. The Morgan fingerprint density at radius 2 is 1.55 bits per heavy atom. The van der Waals surface area contributed by atoms with Gasteiger partial charge in [0, 0.05) is 41.6 Å². The van der Waals surface area contributed by atoms with Crippen LogP contribution in [0.25, 0.3) is 10.9 Å². The van der Waals surface area contributed by atoms with Gasteiger partial charge in [-0.25, -0.2) is 8.78 Å². The van der Waals surface area contributed by atoms with Crippen LogP contribution in [-0.2, 0) is 9.59 Å². The maximum atomic E-state index is 15.2. The number of nitrogens with zero attached hydrogens (tertiary/aromatic N) is 2. The standard InChI is InChI=1S/C33H34F2N4O5/c1-4-39(5-2)16-17-43-30-20-26-24(19-29(30)42-3)27(12-15-36-26)44-28-11-10-23(18-25(28)35)38-32(41)33(13-14-33)31(40)37-22-8-6-21(34)7-9-22/h6-12,15,18-20H,4-5,13-14,16-17H2,1-3H3,(H,37,40)(H,38,41). The second kappa shape index (κ2) is 13.3. The summed E-state index contributed by atoms with van der Waals surface area (Å²) in [5.74, 6) is -0.872. The van der Waals surface area contributed by atoms with Crippen LogP contribution >= 0.6 is 0 Å². The average Bonchev–Trinajstić information content (AvgIpc) is 3.84. The number of ether oxygens (including phenoxy) is 3. The van der Waals surface area contributed by atoms with Crippen molar-refractivity contribution in [1.29, 1.82) is 0 Å². The van der Waals surface area contributed by atoms with Gasteiger partial charge in [-0.3, -0.25) is 14.6 Å². The van der Waals surface area contributed by atoms with E-state index in [1.807, 2.05) is 0 Å². The Labute approximate surface area is 254 Å². The van der Waals surface area contributed by atoms with E-state index in [-0.39, 0.29) is 11.4 Å². The summed E-state index contributed by atoms with van der Waals surface area (Å²) in [6.07, 6.45) is 2.25. The van der Waals surface area contributed by atoms with Crippen molar-refractivity contribution in [2.75, 3.05) is 44.0 Å². The molecule has 230 valence electrons. The number of fused-ring (bicyclic) bond motifs is 1. The topological polar surface area (TPSA) is 102 Å². The summed E-state index contributed by atoms with van der Waals surface area (Å²) < 4.78 is 45.9. The number of halogens is 2. The smallest absolute Gasteiger partial charge is 0.240 e. The lowest BCUT2D eigenvalue weighted by Gasteiger charge is -2.19. The quantitative estimate of drug-likeness (QED) is 0.171. The number of rotatable bonds is 13. The number of methoxy groups -OCH3 is 1. The van der Waals surface area contributed by atoms with Crippen molar-refractivity contribution in [3.05, 3.63) is 78.5 Å². The molecule has 0 saturated heterocycles. The van der Waals surface area contributed by atoms with E-state index in [2.05, 4.69) is 34.4 Å². The number of carbonyl (C=O) groups is 2. The van der Waals surface area contributed by atoms with Crippen LogP contribution in [0.1, 0.15) is 26.7 Å². The zero-order chi connectivity index (χ0) is 31.3. The molecule has 2 amide bonds. The summed E-state index contributed by atoms with van der Waals surface area (Å²) in [6.45, 7) is 7.30. The van der Waals surface area contributed by atoms with Crippen molar-refractivity contribution < 1.29 is 32.6 Å². The minimum Gasteiger partial charge on any atom is -0.493 e. The van der Waals surface area contributed by atoms with E-state index in [1.54, 1.807) is 31.5 Å². The molecule has 3 aromatic carbocycles. The fourth-order valence-corrected chi connectivity index (χ4v) is 4.81. The summed E-state index contributed by atoms with van der Waals surface area (Å²) in [7, 11) is 1.54. The summed E-state index contributed by atoms with van der Waals surface area (Å²) in [4.78, 5) is 32.5. The molecule has 0 unspecified atom stereocenters. The molecule has 4 aromatic rings. The van der Waals surface area contributed by atoms with E-state index in [4.69, 9.17) is 14.2 Å². The van der Waals surface area contributed by atoms with Gasteiger partial charge >= 0.3 is 0 Å². The maximum Gasteiger partial charge on any atom is 0.240 e. The number of amides is 2. The molecule has 9 nitrogen and oxygen atoms in total. The monoisotopic (exact) mass is 604 g/mol. The third-order valence-corrected chi connectivity index (χ3v) is 7.68. The molecular weight excluding hydrogens is 570 g/mol. The number of carbonyl (C=O) groups excluding carboxylic acids is 2. The molecule has 11 heteroatoms. The highest BCUT2D eigenvalue weighted by molar-refractivity contribution is 6.16. The number of likely N-dealkylation sites (N-methyl/N-ethyl adjacent to an activating group) is 1. The molecule has 0 atom stereocenters. The highest BCUT2D eigenvalue weighted by Gasteiger charge is 2.56. The summed E-state index contributed by atoms with van der Waals surface area (Å²) in [5.41, 5.74) is -0.140. The lowest BCUT2D eigenvalue weighted by Crippen LogP contribution is -2.35. The van der Waals surface area contributed by atoms with E-state index in [0.717, 1.165) is 25.7 Å². The molecule has 0 bridgehead atoms. The van der Waals surface area contributed by atoms with Crippen molar-refractivity contribution in [3.8, 4) is 23.0 Å². The summed E-state index contributed by atoms with van der Waals surface area (Å²) >= 11 is 0. The van der Waals surface area contributed by atoms with Crippen LogP contribution in [0, 0.1) is 17.0 Å². The molecule has 44 heavy (non-hydrogen) atoms. The van der Waals surface area contributed by atoms with Gasteiger partial charge in [0.15, 0.2) is 23.1 Å². The van der Waals surface area contributed by atoms with Crippen LogP contribution in [0.2, 0.25) is 0 Å². The fraction of sp³-hybridized carbons (Fsp3) is 0.303. The molecule has 2 N–H and O–H groups in total. The third-order valence-electron chi connectivity index (χ3n) is 7.68. The zero-order valence-corrected chi connectivity index (χ0v) is 24.8. The number of benzene rings is 3. The first-order valence-electron chi connectivity index (χ1n) is 14.4. The van der Waals surface area contributed by atoms with E-state index in [0.29, 0.717) is 53.3 Å². The molecule has 1 aliphatic carbocycles. The highest BCUT2D eigenvalue weighted by atomic mass is 19.1. The van der Waals surface area contributed by atoms with E-state index in [1.165, 1.54) is 36.4 Å². The van der Waals surface area contributed by atoms with E-state index < -0.39 is 28.9 Å². The number of pyridine rings is 1. The van der Waals surface area contributed by atoms with Crippen LogP contribution in [0.3, 0.4) is 0 Å². The van der Waals surface area contributed by atoms with Crippen molar-refractivity contribution in [2.45, 2.75) is 26.7 Å². The van der Waals surface area contributed by atoms with E-state index in [9.17, 15) is 14.0 Å². The van der Waals surface area contributed by atoms with Gasteiger partial charge in [0.05, 0.1) is 12.6 Å². The highest BCUT2D eigenvalue weighted by Crippen LogP contribution is 2.47. The lowest BCUT2D eigenvalue weighted by atomic mass is 10.0.